The van der Waals surface area contributed by atoms with E-state index in [0.29, 0.717) is 19.6 Å². The first-order chi connectivity index (χ1) is 10.7. The van der Waals surface area contributed by atoms with Crippen LogP contribution in [0.2, 0.25) is 0 Å². The molecule has 4 heteroatoms. The Morgan fingerprint density at radius 2 is 1.77 bits per heavy atom. The molecule has 0 spiro atoms. The van der Waals surface area contributed by atoms with Crippen molar-refractivity contribution in [1.29, 1.82) is 0 Å². The van der Waals surface area contributed by atoms with Gasteiger partial charge in [-0.25, -0.2) is 0 Å². The molecule has 0 heterocycles. The average Bonchev–Trinajstić information content (AvgIpc) is 2.55. The van der Waals surface area contributed by atoms with Crippen LogP contribution in [-0.2, 0) is 17.9 Å². The number of benzene rings is 2. The Hall–Kier alpha value is -2.33. The monoisotopic (exact) mass is 298 g/mol. The van der Waals surface area contributed by atoms with E-state index in [2.05, 4.69) is 41.8 Å². The molecular weight excluding hydrogens is 276 g/mol. The molecule has 0 saturated carbocycles. The summed E-state index contributed by atoms with van der Waals surface area (Å²) in [5.41, 5.74) is 3.37. The van der Waals surface area contributed by atoms with E-state index in [1.165, 1.54) is 11.1 Å². The van der Waals surface area contributed by atoms with Gasteiger partial charge in [-0.15, -0.1) is 0 Å². The van der Waals surface area contributed by atoms with Gasteiger partial charge in [0, 0.05) is 18.7 Å². The number of hydrogen-bond acceptors (Lipinski definition) is 3. The van der Waals surface area contributed by atoms with Crippen molar-refractivity contribution >= 4 is 5.91 Å². The Morgan fingerprint density at radius 1 is 1.05 bits per heavy atom. The zero-order valence-corrected chi connectivity index (χ0v) is 13.1. The van der Waals surface area contributed by atoms with Crippen molar-refractivity contribution in [2.45, 2.75) is 20.0 Å². The van der Waals surface area contributed by atoms with Gasteiger partial charge in [0.1, 0.15) is 5.75 Å². The first-order valence-electron chi connectivity index (χ1n) is 7.34. The lowest BCUT2D eigenvalue weighted by Crippen LogP contribution is -2.33. The van der Waals surface area contributed by atoms with Gasteiger partial charge in [-0.1, -0.05) is 48.0 Å². The van der Waals surface area contributed by atoms with Gasteiger partial charge < -0.3 is 15.4 Å². The van der Waals surface area contributed by atoms with Gasteiger partial charge in [-0.3, -0.25) is 4.79 Å². The van der Waals surface area contributed by atoms with Crippen molar-refractivity contribution in [1.82, 2.24) is 10.6 Å². The van der Waals surface area contributed by atoms with Crippen LogP contribution in [0.3, 0.4) is 0 Å². The first-order valence-corrected chi connectivity index (χ1v) is 7.34. The number of nitrogens with one attached hydrogen (secondary N) is 2. The van der Waals surface area contributed by atoms with Gasteiger partial charge in [-0.05, 0) is 18.6 Å². The topological polar surface area (TPSA) is 50.4 Å². The maximum absolute atomic E-state index is 11.8. The molecule has 22 heavy (non-hydrogen) atoms. The second kappa shape index (κ2) is 8.20. The van der Waals surface area contributed by atoms with Crippen LogP contribution in [0.1, 0.15) is 16.7 Å². The van der Waals surface area contributed by atoms with Crippen LogP contribution in [0.15, 0.2) is 48.5 Å². The highest BCUT2D eigenvalue weighted by atomic mass is 16.5. The molecule has 2 aromatic rings. The molecule has 0 aromatic heterocycles. The Kier molecular flexibility index (Phi) is 5.98. The second-order valence-electron chi connectivity index (χ2n) is 5.18. The van der Waals surface area contributed by atoms with Gasteiger partial charge in [0.05, 0.1) is 13.7 Å². The van der Waals surface area contributed by atoms with E-state index in [9.17, 15) is 4.79 Å². The summed E-state index contributed by atoms with van der Waals surface area (Å²) in [4.78, 5) is 11.8. The molecule has 0 bridgehead atoms. The van der Waals surface area contributed by atoms with E-state index in [1.54, 1.807) is 7.11 Å². The van der Waals surface area contributed by atoms with E-state index in [4.69, 9.17) is 4.74 Å². The lowest BCUT2D eigenvalue weighted by molar-refractivity contribution is -0.120. The smallest absolute Gasteiger partial charge is 0.234 e. The molecule has 4 nitrogen and oxygen atoms in total. The third kappa shape index (κ3) is 4.90. The van der Waals surface area contributed by atoms with Crippen molar-refractivity contribution in [2.75, 3.05) is 13.7 Å². The van der Waals surface area contributed by atoms with E-state index < -0.39 is 0 Å². The Labute approximate surface area is 131 Å². The molecule has 0 atom stereocenters. The molecule has 2 aromatic carbocycles. The number of carbonyl (C=O) groups is 1. The van der Waals surface area contributed by atoms with Crippen LogP contribution in [0.5, 0.6) is 5.75 Å². The molecule has 2 N–H and O–H groups in total. The van der Waals surface area contributed by atoms with Gasteiger partial charge in [-0.2, -0.15) is 0 Å². The molecule has 0 fully saturated rings. The minimum absolute atomic E-state index is 0.0296. The fourth-order valence-corrected chi connectivity index (χ4v) is 2.13. The predicted octanol–water partition coefficient (Wildman–Crippen LogP) is 2.41. The molecule has 1 amide bonds. The maximum Gasteiger partial charge on any atom is 0.234 e. The summed E-state index contributed by atoms with van der Waals surface area (Å²) in [7, 11) is 1.63. The number of hydrogen-bond donors (Lipinski definition) is 2. The Bertz CT molecular complexity index is 609. The molecule has 2 rings (SSSR count). The molecular formula is C18H22N2O2. The third-order valence-corrected chi connectivity index (χ3v) is 3.40. The molecule has 116 valence electrons. The van der Waals surface area contributed by atoms with E-state index in [0.717, 1.165) is 11.3 Å². The van der Waals surface area contributed by atoms with Crippen LogP contribution in [0, 0.1) is 6.92 Å². The lowest BCUT2D eigenvalue weighted by Gasteiger charge is -2.10. The van der Waals surface area contributed by atoms with Crippen LogP contribution in [0.25, 0.3) is 0 Å². The van der Waals surface area contributed by atoms with Crippen molar-refractivity contribution < 1.29 is 9.53 Å². The molecule has 0 aliphatic rings. The SMILES string of the molecule is COc1ccccc1CNC(=O)CNCc1ccc(C)cc1. The largest absolute Gasteiger partial charge is 0.496 e. The van der Waals surface area contributed by atoms with E-state index in [1.807, 2.05) is 24.3 Å². The van der Waals surface area contributed by atoms with Crippen LogP contribution >= 0.6 is 0 Å². The minimum Gasteiger partial charge on any atom is -0.496 e. The summed E-state index contributed by atoms with van der Waals surface area (Å²) in [5.74, 6) is 0.758. The summed E-state index contributed by atoms with van der Waals surface area (Å²) >= 11 is 0. The zero-order chi connectivity index (χ0) is 15.8. The van der Waals surface area contributed by atoms with Crippen molar-refractivity contribution in [3.05, 3.63) is 65.2 Å². The minimum atomic E-state index is -0.0296. The normalized spacial score (nSPS) is 10.3. The summed E-state index contributed by atoms with van der Waals surface area (Å²) in [5, 5.41) is 6.03. The van der Waals surface area contributed by atoms with Gasteiger partial charge in [0.15, 0.2) is 0 Å². The van der Waals surface area contributed by atoms with Gasteiger partial charge in [0.25, 0.3) is 0 Å². The van der Waals surface area contributed by atoms with Crippen LogP contribution in [0.4, 0.5) is 0 Å². The van der Waals surface area contributed by atoms with Gasteiger partial charge in [0.2, 0.25) is 5.91 Å². The van der Waals surface area contributed by atoms with E-state index >= 15 is 0 Å². The molecule has 0 saturated heterocycles. The highest BCUT2D eigenvalue weighted by Gasteiger charge is 2.04. The fraction of sp³-hybridized carbons (Fsp3) is 0.278. The van der Waals surface area contributed by atoms with Crippen molar-refractivity contribution in [3.8, 4) is 5.75 Å². The first kappa shape index (κ1) is 16.0. The highest BCUT2D eigenvalue weighted by molar-refractivity contribution is 5.78. The Morgan fingerprint density at radius 3 is 2.50 bits per heavy atom. The van der Waals surface area contributed by atoms with Crippen LogP contribution < -0.4 is 15.4 Å². The standard InChI is InChI=1S/C18H22N2O2/c1-14-7-9-15(10-8-14)11-19-13-18(21)20-12-16-5-3-4-6-17(16)22-2/h3-10,19H,11-13H2,1-2H3,(H,20,21). The van der Waals surface area contributed by atoms with E-state index in [-0.39, 0.29) is 5.91 Å². The average molecular weight is 298 g/mol. The summed E-state index contributed by atoms with van der Waals surface area (Å²) in [6.07, 6.45) is 0. The predicted molar refractivity (Wildman–Crippen MR) is 87.7 cm³/mol. The fourth-order valence-electron chi connectivity index (χ4n) is 2.13. The number of aryl methyl sites for hydroxylation is 1. The van der Waals surface area contributed by atoms with Crippen molar-refractivity contribution in [3.63, 3.8) is 0 Å². The summed E-state index contributed by atoms with van der Waals surface area (Å²) in [6, 6.07) is 15.9. The molecule has 0 aliphatic carbocycles. The molecule has 0 radical (unpaired) electrons. The number of amides is 1. The molecule has 0 unspecified atom stereocenters. The highest BCUT2D eigenvalue weighted by Crippen LogP contribution is 2.16. The third-order valence-electron chi connectivity index (χ3n) is 3.40. The van der Waals surface area contributed by atoms with Gasteiger partial charge >= 0.3 is 0 Å². The van der Waals surface area contributed by atoms with Crippen molar-refractivity contribution in [2.24, 2.45) is 0 Å². The quantitative estimate of drug-likeness (QED) is 0.825. The number of methoxy groups -OCH3 is 1. The van der Waals surface area contributed by atoms with Crippen LogP contribution in [-0.4, -0.2) is 19.6 Å². The Balaban J connectivity index is 1.73. The number of carbonyl (C=O) groups excluding carboxylic acids is 1. The number of ether oxygens (including phenoxy) is 1. The second-order valence-corrected chi connectivity index (χ2v) is 5.18. The number of para-hydroxylation sites is 1. The maximum atomic E-state index is 11.8. The summed E-state index contributed by atoms with van der Waals surface area (Å²) < 4.78 is 5.26. The summed E-state index contributed by atoms with van der Waals surface area (Å²) in [6.45, 7) is 3.50. The zero-order valence-electron chi connectivity index (χ0n) is 13.1. The number of rotatable bonds is 7. The lowest BCUT2D eigenvalue weighted by atomic mass is 10.1. The molecule has 0 aliphatic heterocycles.